The quantitative estimate of drug-likeness (QED) is 0.785. The first-order chi connectivity index (χ1) is 11.1. The van der Waals surface area contributed by atoms with Gasteiger partial charge in [-0.15, -0.1) is 0 Å². The lowest BCUT2D eigenvalue weighted by Gasteiger charge is -2.36. The normalized spacial score (nSPS) is 23.7. The van der Waals surface area contributed by atoms with Gasteiger partial charge < -0.3 is 24.7 Å². The third-order valence-corrected chi connectivity index (χ3v) is 4.57. The molecule has 0 aromatic carbocycles. The number of hydrogen-bond acceptors (Lipinski definition) is 5. The van der Waals surface area contributed by atoms with Gasteiger partial charge in [0.25, 0.3) is 0 Å². The van der Waals surface area contributed by atoms with Crippen LogP contribution in [-0.2, 0) is 0 Å². The second-order valence-electron chi connectivity index (χ2n) is 6.32. The Hall–Kier alpha value is -1.86. The molecule has 0 unspecified atom stereocenters. The number of β-amino-alcohol motifs (C(OH)–C–C–N with tert-alkyl or cyclic N) is 1. The highest BCUT2D eigenvalue weighted by Crippen LogP contribution is 2.16. The van der Waals surface area contributed by atoms with Crippen molar-refractivity contribution >= 4 is 11.7 Å². The molecule has 2 amide bonds. The molecule has 1 atom stereocenters. The SMILES string of the molecule is CN1CCN(C(=O)N2CCN(c3ccncc3)C[C@@H](O)C2)CC1. The highest BCUT2D eigenvalue weighted by atomic mass is 16.3. The minimum absolute atomic E-state index is 0.0497. The number of carbonyl (C=O) groups excluding carboxylic acids is 1. The summed E-state index contributed by atoms with van der Waals surface area (Å²) in [6, 6.07) is 3.92. The van der Waals surface area contributed by atoms with Crippen LogP contribution in [0.3, 0.4) is 0 Å². The summed E-state index contributed by atoms with van der Waals surface area (Å²) in [4.78, 5) is 24.8. The number of likely N-dealkylation sites (N-methyl/N-ethyl adjacent to an activating group) is 1. The van der Waals surface area contributed by atoms with E-state index >= 15 is 0 Å². The Morgan fingerprint density at radius 2 is 1.70 bits per heavy atom. The van der Waals surface area contributed by atoms with Crippen molar-refractivity contribution in [2.45, 2.75) is 6.10 Å². The number of carbonyl (C=O) groups is 1. The summed E-state index contributed by atoms with van der Waals surface area (Å²) in [6.07, 6.45) is 2.96. The number of urea groups is 1. The zero-order valence-electron chi connectivity index (χ0n) is 13.6. The van der Waals surface area contributed by atoms with Crippen LogP contribution < -0.4 is 4.90 Å². The average Bonchev–Trinajstić information content (AvgIpc) is 2.77. The number of aromatic nitrogens is 1. The molecule has 3 heterocycles. The van der Waals surface area contributed by atoms with Crippen LogP contribution in [-0.4, -0.2) is 96.3 Å². The molecule has 7 heteroatoms. The topological polar surface area (TPSA) is 63.2 Å². The lowest BCUT2D eigenvalue weighted by molar-refractivity contribution is 0.101. The molecule has 0 spiro atoms. The fourth-order valence-electron chi connectivity index (χ4n) is 3.15. The van der Waals surface area contributed by atoms with E-state index in [1.54, 1.807) is 17.3 Å². The van der Waals surface area contributed by atoms with Gasteiger partial charge >= 0.3 is 6.03 Å². The first kappa shape index (κ1) is 16.0. The Morgan fingerprint density at radius 1 is 1.04 bits per heavy atom. The lowest BCUT2D eigenvalue weighted by atomic mass is 10.3. The fraction of sp³-hybridized carbons (Fsp3) is 0.625. The van der Waals surface area contributed by atoms with Crippen molar-refractivity contribution in [3.05, 3.63) is 24.5 Å². The predicted octanol–water partition coefficient (Wildman–Crippen LogP) is -0.0681. The number of anilines is 1. The van der Waals surface area contributed by atoms with Crippen molar-refractivity contribution in [1.82, 2.24) is 19.7 Å². The summed E-state index contributed by atoms with van der Waals surface area (Å²) < 4.78 is 0. The molecule has 0 saturated carbocycles. The van der Waals surface area contributed by atoms with E-state index in [1.165, 1.54) is 0 Å². The van der Waals surface area contributed by atoms with Gasteiger partial charge in [-0.25, -0.2) is 4.79 Å². The Labute approximate surface area is 137 Å². The zero-order valence-corrected chi connectivity index (χ0v) is 13.6. The molecule has 0 bridgehead atoms. The van der Waals surface area contributed by atoms with Gasteiger partial charge in [-0.2, -0.15) is 0 Å². The average molecular weight is 319 g/mol. The van der Waals surface area contributed by atoms with Crippen LogP contribution in [0, 0.1) is 0 Å². The minimum Gasteiger partial charge on any atom is -0.389 e. The van der Waals surface area contributed by atoms with Gasteiger partial charge in [-0.05, 0) is 19.2 Å². The molecule has 1 N–H and O–H groups in total. The van der Waals surface area contributed by atoms with Crippen LogP contribution in [0.4, 0.5) is 10.5 Å². The molecule has 2 fully saturated rings. The number of aliphatic hydroxyl groups excluding tert-OH is 1. The van der Waals surface area contributed by atoms with E-state index in [4.69, 9.17) is 0 Å². The standard InChI is InChI=1S/C16H25N5O2/c1-18-6-8-19(9-7-18)16(23)21-11-10-20(12-15(22)13-21)14-2-4-17-5-3-14/h2-5,15,22H,6-13H2,1H3/t15-/m1/s1. The zero-order chi connectivity index (χ0) is 16.2. The molecule has 3 rings (SSSR count). The van der Waals surface area contributed by atoms with Crippen LogP contribution in [0.25, 0.3) is 0 Å². The molecule has 2 saturated heterocycles. The maximum absolute atomic E-state index is 12.7. The molecule has 7 nitrogen and oxygen atoms in total. The molecule has 126 valence electrons. The van der Waals surface area contributed by atoms with Gasteiger partial charge in [-0.3, -0.25) is 4.98 Å². The molecule has 1 aromatic rings. The Balaban J connectivity index is 1.63. The Kier molecular flexibility index (Phi) is 4.97. The Morgan fingerprint density at radius 3 is 2.39 bits per heavy atom. The molecule has 0 radical (unpaired) electrons. The van der Waals surface area contributed by atoms with E-state index in [9.17, 15) is 9.90 Å². The van der Waals surface area contributed by atoms with E-state index in [-0.39, 0.29) is 6.03 Å². The summed E-state index contributed by atoms with van der Waals surface area (Å²) >= 11 is 0. The van der Waals surface area contributed by atoms with E-state index in [0.29, 0.717) is 19.6 Å². The van der Waals surface area contributed by atoms with Crippen LogP contribution in [0.1, 0.15) is 0 Å². The van der Waals surface area contributed by atoms with Crippen LogP contribution >= 0.6 is 0 Å². The van der Waals surface area contributed by atoms with Crippen molar-refractivity contribution in [2.75, 3.05) is 64.3 Å². The van der Waals surface area contributed by atoms with Crippen molar-refractivity contribution in [3.63, 3.8) is 0 Å². The fourth-order valence-corrected chi connectivity index (χ4v) is 3.15. The summed E-state index contributed by atoms with van der Waals surface area (Å²) in [5.41, 5.74) is 1.04. The highest BCUT2D eigenvalue weighted by molar-refractivity contribution is 5.74. The maximum Gasteiger partial charge on any atom is 0.320 e. The van der Waals surface area contributed by atoms with Gasteiger partial charge in [-0.1, -0.05) is 0 Å². The third-order valence-electron chi connectivity index (χ3n) is 4.57. The van der Waals surface area contributed by atoms with Crippen molar-refractivity contribution in [2.24, 2.45) is 0 Å². The van der Waals surface area contributed by atoms with Crippen LogP contribution in [0.15, 0.2) is 24.5 Å². The molecule has 0 aliphatic carbocycles. The Bertz CT molecular complexity index is 518. The summed E-state index contributed by atoms with van der Waals surface area (Å²) in [6.45, 7) is 5.62. The largest absolute Gasteiger partial charge is 0.389 e. The first-order valence-corrected chi connectivity index (χ1v) is 8.19. The van der Waals surface area contributed by atoms with Gasteiger partial charge in [0.1, 0.15) is 0 Å². The van der Waals surface area contributed by atoms with E-state index in [2.05, 4.69) is 21.8 Å². The predicted molar refractivity (Wildman–Crippen MR) is 88.5 cm³/mol. The first-order valence-electron chi connectivity index (χ1n) is 8.19. The van der Waals surface area contributed by atoms with E-state index < -0.39 is 6.10 Å². The molecular weight excluding hydrogens is 294 g/mol. The number of hydrogen-bond donors (Lipinski definition) is 1. The van der Waals surface area contributed by atoms with Gasteiger partial charge in [0.2, 0.25) is 0 Å². The smallest absolute Gasteiger partial charge is 0.320 e. The minimum atomic E-state index is -0.540. The molecule has 23 heavy (non-hydrogen) atoms. The lowest BCUT2D eigenvalue weighted by Crippen LogP contribution is -2.53. The number of rotatable bonds is 1. The highest BCUT2D eigenvalue weighted by Gasteiger charge is 2.28. The second-order valence-corrected chi connectivity index (χ2v) is 6.32. The molecule has 2 aliphatic heterocycles. The summed E-state index contributed by atoms with van der Waals surface area (Å²) in [7, 11) is 2.07. The van der Waals surface area contributed by atoms with E-state index in [0.717, 1.165) is 38.4 Å². The second kappa shape index (κ2) is 7.14. The number of pyridine rings is 1. The molecule has 2 aliphatic rings. The number of piperazine rings is 1. The van der Waals surface area contributed by atoms with Gasteiger partial charge in [0.15, 0.2) is 0 Å². The van der Waals surface area contributed by atoms with Crippen LogP contribution in [0.2, 0.25) is 0 Å². The number of aliphatic hydroxyl groups is 1. The van der Waals surface area contributed by atoms with Gasteiger partial charge in [0, 0.05) is 63.9 Å². The van der Waals surface area contributed by atoms with Crippen LogP contribution in [0.5, 0.6) is 0 Å². The molecule has 1 aromatic heterocycles. The van der Waals surface area contributed by atoms with Gasteiger partial charge in [0.05, 0.1) is 12.6 Å². The number of amides is 2. The maximum atomic E-state index is 12.7. The third kappa shape index (κ3) is 3.92. The monoisotopic (exact) mass is 319 g/mol. The number of nitrogens with zero attached hydrogens (tertiary/aromatic N) is 5. The summed E-state index contributed by atoms with van der Waals surface area (Å²) in [5.74, 6) is 0. The van der Waals surface area contributed by atoms with Crippen molar-refractivity contribution < 1.29 is 9.90 Å². The molecular formula is C16H25N5O2. The summed E-state index contributed by atoms with van der Waals surface area (Å²) in [5, 5.41) is 10.3. The van der Waals surface area contributed by atoms with Crippen molar-refractivity contribution in [1.29, 1.82) is 0 Å². The van der Waals surface area contributed by atoms with Crippen molar-refractivity contribution in [3.8, 4) is 0 Å². The van der Waals surface area contributed by atoms with E-state index in [1.807, 2.05) is 17.0 Å².